The van der Waals surface area contributed by atoms with E-state index in [0.717, 1.165) is 16.0 Å². The van der Waals surface area contributed by atoms with E-state index in [2.05, 4.69) is 0 Å². The molecule has 2 rings (SSSR count). The molecule has 0 heterocycles. The summed E-state index contributed by atoms with van der Waals surface area (Å²) in [6, 6.07) is 10.3. The maximum Gasteiger partial charge on any atom is 0.123 e. The fourth-order valence-electron chi connectivity index (χ4n) is 1.65. The van der Waals surface area contributed by atoms with Crippen LogP contribution in [0.25, 0.3) is 0 Å². The highest BCUT2D eigenvalue weighted by Gasteiger charge is 2.03. The van der Waals surface area contributed by atoms with Crippen molar-refractivity contribution in [2.24, 2.45) is 5.73 Å². The highest BCUT2D eigenvalue weighted by Crippen LogP contribution is 2.30. The van der Waals surface area contributed by atoms with Gasteiger partial charge in [-0.2, -0.15) is 0 Å². The van der Waals surface area contributed by atoms with E-state index in [9.17, 15) is 4.39 Å². The van der Waals surface area contributed by atoms with E-state index >= 15 is 0 Å². The Kier molecular flexibility index (Phi) is 5.11. The van der Waals surface area contributed by atoms with E-state index in [4.69, 9.17) is 28.9 Å². The molecule has 0 radical (unpaired) electrons. The van der Waals surface area contributed by atoms with Gasteiger partial charge in [-0.15, -0.1) is 11.8 Å². The molecule has 2 aromatic carbocycles. The molecule has 0 bridgehead atoms. The van der Waals surface area contributed by atoms with Crippen molar-refractivity contribution in [3.8, 4) is 0 Å². The smallest absolute Gasteiger partial charge is 0.123 e. The summed E-state index contributed by atoms with van der Waals surface area (Å²) in [6.07, 6.45) is 0. The van der Waals surface area contributed by atoms with Crippen molar-refractivity contribution in [3.63, 3.8) is 0 Å². The quantitative estimate of drug-likeness (QED) is 0.813. The Balaban J connectivity index is 2.09. The number of rotatable bonds is 4. The molecule has 0 aliphatic heterocycles. The lowest BCUT2D eigenvalue weighted by molar-refractivity contribution is 0.624. The number of nitrogens with two attached hydrogens (primary N) is 1. The normalized spacial score (nSPS) is 10.7. The van der Waals surface area contributed by atoms with Crippen LogP contribution in [0.5, 0.6) is 0 Å². The molecule has 0 atom stereocenters. The van der Waals surface area contributed by atoms with Crippen molar-refractivity contribution in [2.75, 3.05) is 0 Å². The third kappa shape index (κ3) is 4.11. The molecule has 1 nitrogen and oxygen atoms in total. The van der Waals surface area contributed by atoms with Gasteiger partial charge in [-0.3, -0.25) is 0 Å². The summed E-state index contributed by atoms with van der Waals surface area (Å²) in [7, 11) is 0. The first kappa shape index (κ1) is 14.7. The van der Waals surface area contributed by atoms with Crippen LogP contribution in [-0.4, -0.2) is 0 Å². The largest absolute Gasteiger partial charge is 0.326 e. The standard InChI is InChI=1S/C14H12Cl2FNS/c15-13-2-1-12(6-14(13)16)19-8-10-3-9(7-18)4-11(17)5-10/h1-6H,7-8,18H2. The molecule has 19 heavy (non-hydrogen) atoms. The molecule has 100 valence electrons. The Morgan fingerprint density at radius 2 is 1.74 bits per heavy atom. The number of thioether (sulfide) groups is 1. The molecule has 0 aliphatic carbocycles. The van der Waals surface area contributed by atoms with Crippen LogP contribution in [0.4, 0.5) is 4.39 Å². The van der Waals surface area contributed by atoms with E-state index in [0.29, 0.717) is 22.3 Å². The molecule has 5 heteroatoms. The lowest BCUT2D eigenvalue weighted by Gasteiger charge is -2.06. The van der Waals surface area contributed by atoms with Crippen molar-refractivity contribution in [2.45, 2.75) is 17.2 Å². The first-order valence-electron chi connectivity index (χ1n) is 5.65. The van der Waals surface area contributed by atoms with Gasteiger partial charge in [-0.1, -0.05) is 29.3 Å². The Hall–Kier alpha value is -0.740. The molecular formula is C14H12Cl2FNS. The summed E-state index contributed by atoms with van der Waals surface area (Å²) in [5, 5.41) is 1.05. The third-order valence-corrected chi connectivity index (χ3v) is 4.35. The van der Waals surface area contributed by atoms with Gasteiger partial charge in [0, 0.05) is 17.2 Å². The van der Waals surface area contributed by atoms with Gasteiger partial charge in [0.25, 0.3) is 0 Å². The summed E-state index contributed by atoms with van der Waals surface area (Å²) in [4.78, 5) is 0.993. The SMILES string of the molecule is NCc1cc(F)cc(CSc2ccc(Cl)c(Cl)c2)c1. The average Bonchev–Trinajstić information content (AvgIpc) is 2.39. The molecule has 0 saturated carbocycles. The van der Waals surface area contributed by atoms with Crippen LogP contribution in [0.2, 0.25) is 10.0 Å². The van der Waals surface area contributed by atoms with Crippen LogP contribution in [0.3, 0.4) is 0 Å². The Morgan fingerprint density at radius 1 is 1.00 bits per heavy atom. The zero-order valence-corrected chi connectivity index (χ0v) is 12.3. The fourth-order valence-corrected chi connectivity index (χ4v) is 2.88. The van der Waals surface area contributed by atoms with Gasteiger partial charge in [0.05, 0.1) is 10.0 Å². The number of benzene rings is 2. The van der Waals surface area contributed by atoms with Gasteiger partial charge >= 0.3 is 0 Å². The molecule has 2 N–H and O–H groups in total. The maximum absolute atomic E-state index is 13.4. The third-order valence-electron chi connectivity index (χ3n) is 2.55. The molecule has 0 amide bonds. The average molecular weight is 316 g/mol. The summed E-state index contributed by atoms with van der Waals surface area (Å²) in [5.41, 5.74) is 7.22. The zero-order valence-electron chi connectivity index (χ0n) is 10.00. The van der Waals surface area contributed by atoms with Gasteiger partial charge in [0.2, 0.25) is 0 Å². The predicted octanol–water partition coefficient (Wildman–Crippen LogP) is 4.88. The van der Waals surface area contributed by atoms with Crippen molar-refractivity contribution >= 4 is 35.0 Å². The molecule has 0 spiro atoms. The summed E-state index contributed by atoms with van der Waals surface area (Å²) >= 11 is 13.4. The van der Waals surface area contributed by atoms with E-state index in [1.807, 2.05) is 12.1 Å². The summed E-state index contributed by atoms with van der Waals surface area (Å²) in [5.74, 6) is 0.399. The van der Waals surface area contributed by atoms with Crippen LogP contribution in [0.15, 0.2) is 41.3 Å². The molecule has 0 unspecified atom stereocenters. The number of hydrogen-bond acceptors (Lipinski definition) is 2. The predicted molar refractivity (Wildman–Crippen MR) is 80.3 cm³/mol. The minimum absolute atomic E-state index is 0.257. The first-order valence-corrected chi connectivity index (χ1v) is 7.39. The van der Waals surface area contributed by atoms with Crippen LogP contribution < -0.4 is 5.73 Å². The second kappa shape index (κ2) is 6.62. The van der Waals surface area contributed by atoms with Gasteiger partial charge in [-0.25, -0.2) is 4.39 Å². The van der Waals surface area contributed by atoms with Crippen LogP contribution >= 0.6 is 35.0 Å². The van der Waals surface area contributed by atoms with Crippen molar-refractivity contribution in [3.05, 3.63) is 63.4 Å². The lowest BCUT2D eigenvalue weighted by Crippen LogP contribution is -1.98. The van der Waals surface area contributed by atoms with Gasteiger partial charge in [0.15, 0.2) is 0 Å². The Bertz CT molecular complexity index is 590. The van der Waals surface area contributed by atoms with E-state index in [1.54, 1.807) is 23.9 Å². The van der Waals surface area contributed by atoms with E-state index in [1.165, 1.54) is 12.1 Å². The molecule has 0 fully saturated rings. The topological polar surface area (TPSA) is 26.0 Å². The highest BCUT2D eigenvalue weighted by atomic mass is 35.5. The minimum atomic E-state index is -0.257. The van der Waals surface area contributed by atoms with Crippen LogP contribution in [0, 0.1) is 5.82 Å². The lowest BCUT2D eigenvalue weighted by atomic mass is 10.1. The number of hydrogen-bond donors (Lipinski definition) is 1. The van der Waals surface area contributed by atoms with E-state index in [-0.39, 0.29) is 5.82 Å². The maximum atomic E-state index is 13.4. The summed E-state index contributed by atoms with van der Waals surface area (Å²) < 4.78 is 13.4. The van der Waals surface area contributed by atoms with Crippen LogP contribution in [-0.2, 0) is 12.3 Å². The minimum Gasteiger partial charge on any atom is -0.326 e. The van der Waals surface area contributed by atoms with Gasteiger partial charge < -0.3 is 5.73 Å². The van der Waals surface area contributed by atoms with Crippen molar-refractivity contribution in [1.82, 2.24) is 0 Å². The molecule has 2 aromatic rings. The Labute approximate surface area is 125 Å². The Morgan fingerprint density at radius 3 is 2.42 bits per heavy atom. The van der Waals surface area contributed by atoms with Crippen molar-refractivity contribution in [1.29, 1.82) is 0 Å². The monoisotopic (exact) mass is 315 g/mol. The molecular weight excluding hydrogens is 304 g/mol. The van der Waals surface area contributed by atoms with E-state index < -0.39 is 0 Å². The molecule has 0 aliphatic rings. The van der Waals surface area contributed by atoms with Gasteiger partial charge in [-0.05, 0) is 41.5 Å². The second-order valence-corrected chi connectivity index (χ2v) is 5.90. The van der Waals surface area contributed by atoms with Crippen molar-refractivity contribution < 1.29 is 4.39 Å². The highest BCUT2D eigenvalue weighted by molar-refractivity contribution is 7.98. The van der Waals surface area contributed by atoms with Gasteiger partial charge in [0.1, 0.15) is 5.82 Å². The first-order chi connectivity index (χ1) is 9.08. The molecule has 0 aromatic heterocycles. The fraction of sp³-hybridized carbons (Fsp3) is 0.143. The van der Waals surface area contributed by atoms with Crippen LogP contribution in [0.1, 0.15) is 11.1 Å². The number of halogens is 3. The second-order valence-electron chi connectivity index (χ2n) is 4.04. The summed E-state index contributed by atoms with van der Waals surface area (Å²) in [6.45, 7) is 0.336. The molecule has 0 saturated heterocycles. The zero-order chi connectivity index (χ0) is 13.8.